The lowest BCUT2D eigenvalue weighted by molar-refractivity contribution is -0.385. The summed E-state index contributed by atoms with van der Waals surface area (Å²) >= 11 is 2.80. The van der Waals surface area contributed by atoms with Crippen molar-refractivity contribution >= 4 is 21.6 Å². The van der Waals surface area contributed by atoms with Crippen molar-refractivity contribution in [2.75, 3.05) is 0 Å². The molecule has 1 aromatic rings. The van der Waals surface area contributed by atoms with Gasteiger partial charge in [-0.2, -0.15) is 18.4 Å². The van der Waals surface area contributed by atoms with Gasteiger partial charge >= 0.3 is 6.18 Å². The van der Waals surface area contributed by atoms with Crippen LogP contribution in [0.3, 0.4) is 0 Å². The Labute approximate surface area is 102 Å². The van der Waals surface area contributed by atoms with E-state index < -0.39 is 28.8 Å². The number of rotatable bonds is 2. The fourth-order valence-electron chi connectivity index (χ4n) is 1.24. The number of alkyl halides is 3. The van der Waals surface area contributed by atoms with Crippen LogP contribution < -0.4 is 0 Å². The molecule has 0 bridgehead atoms. The minimum atomic E-state index is -4.74. The monoisotopic (exact) mass is 308 g/mol. The van der Waals surface area contributed by atoms with Crippen molar-refractivity contribution in [1.29, 1.82) is 5.26 Å². The van der Waals surface area contributed by atoms with Crippen LogP contribution >= 0.6 is 15.9 Å². The van der Waals surface area contributed by atoms with Crippen LogP contribution in [0, 0.1) is 21.4 Å². The Kier molecular flexibility index (Phi) is 3.72. The number of hydrogen-bond acceptors (Lipinski definition) is 3. The number of halogens is 4. The number of benzene rings is 1. The van der Waals surface area contributed by atoms with Gasteiger partial charge < -0.3 is 0 Å². The fourth-order valence-corrected chi connectivity index (χ4v) is 1.83. The molecule has 0 unspecified atom stereocenters. The zero-order chi connectivity index (χ0) is 13.2. The van der Waals surface area contributed by atoms with E-state index in [4.69, 9.17) is 5.26 Å². The van der Waals surface area contributed by atoms with E-state index in [1.807, 2.05) is 0 Å². The van der Waals surface area contributed by atoms with Gasteiger partial charge in [-0.3, -0.25) is 10.1 Å². The third-order valence-electron chi connectivity index (χ3n) is 1.95. The van der Waals surface area contributed by atoms with Crippen LogP contribution in [0.4, 0.5) is 18.9 Å². The molecular formula is C9H4BrF3N2O2. The number of nitro benzene ring substituents is 1. The summed E-state index contributed by atoms with van der Waals surface area (Å²) in [7, 11) is 0. The third kappa shape index (κ3) is 2.94. The Morgan fingerprint density at radius 2 is 2.06 bits per heavy atom. The van der Waals surface area contributed by atoms with Crippen LogP contribution in [-0.2, 0) is 12.6 Å². The maximum absolute atomic E-state index is 12.6. The van der Waals surface area contributed by atoms with Crippen molar-refractivity contribution in [3.05, 3.63) is 37.8 Å². The summed E-state index contributed by atoms with van der Waals surface area (Å²) in [6.45, 7) is 0. The lowest BCUT2D eigenvalue weighted by Gasteiger charge is -2.12. The summed E-state index contributed by atoms with van der Waals surface area (Å²) in [5.74, 6) is 0. The van der Waals surface area contributed by atoms with Crippen molar-refractivity contribution in [3.63, 3.8) is 0 Å². The Hall–Kier alpha value is -1.62. The first-order valence-corrected chi connectivity index (χ1v) is 4.97. The highest BCUT2D eigenvalue weighted by molar-refractivity contribution is 9.10. The summed E-state index contributed by atoms with van der Waals surface area (Å²) in [5.41, 5.74) is -2.14. The van der Waals surface area contributed by atoms with E-state index >= 15 is 0 Å². The van der Waals surface area contributed by atoms with Crippen molar-refractivity contribution in [3.8, 4) is 6.07 Å². The first-order valence-electron chi connectivity index (χ1n) is 4.18. The van der Waals surface area contributed by atoms with Crippen LogP contribution in [0.1, 0.15) is 11.1 Å². The second kappa shape index (κ2) is 4.71. The number of nitrogens with zero attached hydrogens (tertiary/aromatic N) is 2. The first-order chi connectivity index (χ1) is 7.77. The van der Waals surface area contributed by atoms with E-state index in [1.54, 1.807) is 6.07 Å². The SMILES string of the molecule is N#CCc1c(Br)cc([N+](=O)[O-])cc1C(F)(F)F. The molecule has 0 N–H and O–H groups in total. The Morgan fingerprint density at radius 1 is 1.47 bits per heavy atom. The molecular weight excluding hydrogens is 305 g/mol. The van der Waals surface area contributed by atoms with Gasteiger partial charge in [0.05, 0.1) is 23.0 Å². The summed E-state index contributed by atoms with van der Waals surface area (Å²) in [4.78, 5) is 9.53. The Morgan fingerprint density at radius 3 is 2.47 bits per heavy atom. The number of nitriles is 1. The van der Waals surface area contributed by atoms with Crippen molar-refractivity contribution in [2.24, 2.45) is 0 Å². The third-order valence-corrected chi connectivity index (χ3v) is 2.66. The van der Waals surface area contributed by atoms with E-state index in [0.717, 1.165) is 6.07 Å². The molecule has 1 aromatic carbocycles. The van der Waals surface area contributed by atoms with Gasteiger partial charge in [-0.1, -0.05) is 15.9 Å². The van der Waals surface area contributed by atoms with Gasteiger partial charge in [-0.25, -0.2) is 0 Å². The fraction of sp³-hybridized carbons (Fsp3) is 0.222. The van der Waals surface area contributed by atoms with Crippen LogP contribution in [0.2, 0.25) is 0 Å². The average Bonchev–Trinajstić information content (AvgIpc) is 2.18. The normalized spacial score (nSPS) is 11.0. The zero-order valence-electron chi connectivity index (χ0n) is 8.08. The highest BCUT2D eigenvalue weighted by Gasteiger charge is 2.36. The average molecular weight is 309 g/mol. The lowest BCUT2D eigenvalue weighted by atomic mass is 10.0. The smallest absolute Gasteiger partial charge is 0.258 e. The number of hydrogen-bond donors (Lipinski definition) is 0. The molecule has 0 atom stereocenters. The quantitative estimate of drug-likeness (QED) is 0.621. The second-order valence-corrected chi connectivity index (χ2v) is 3.90. The topological polar surface area (TPSA) is 66.9 Å². The molecule has 0 saturated carbocycles. The van der Waals surface area contributed by atoms with E-state index in [-0.39, 0.29) is 10.0 Å². The van der Waals surface area contributed by atoms with Crippen molar-refractivity contribution in [2.45, 2.75) is 12.6 Å². The summed E-state index contributed by atoms with van der Waals surface area (Å²) in [6, 6.07) is 2.96. The maximum atomic E-state index is 12.6. The zero-order valence-corrected chi connectivity index (χ0v) is 9.67. The molecule has 0 amide bonds. The van der Waals surface area contributed by atoms with Gasteiger partial charge in [0, 0.05) is 16.6 Å². The number of nitro groups is 1. The van der Waals surface area contributed by atoms with Gasteiger partial charge in [-0.05, 0) is 5.56 Å². The molecule has 0 aromatic heterocycles. The molecule has 0 fully saturated rings. The van der Waals surface area contributed by atoms with Gasteiger partial charge in [0.2, 0.25) is 0 Å². The van der Waals surface area contributed by atoms with Crippen LogP contribution in [-0.4, -0.2) is 4.92 Å². The standard InChI is InChI=1S/C9H4BrF3N2O2/c10-8-4-5(15(16)17)3-7(9(11,12)13)6(8)1-2-14/h3-4H,1H2. The summed E-state index contributed by atoms with van der Waals surface area (Å²) in [5, 5.41) is 18.9. The van der Waals surface area contributed by atoms with Gasteiger partial charge in [0.1, 0.15) is 0 Å². The van der Waals surface area contributed by atoms with E-state index in [9.17, 15) is 23.3 Å². The molecule has 8 heteroatoms. The molecule has 0 radical (unpaired) electrons. The molecule has 1 rings (SSSR count). The summed E-state index contributed by atoms with van der Waals surface area (Å²) in [6.07, 6.45) is -5.21. The highest BCUT2D eigenvalue weighted by atomic mass is 79.9. The maximum Gasteiger partial charge on any atom is 0.417 e. The Balaban J connectivity index is 3.51. The van der Waals surface area contributed by atoms with Gasteiger partial charge in [0.25, 0.3) is 5.69 Å². The molecule has 17 heavy (non-hydrogen) atoms. The van der Waals surface area contributed by atoms with E-state index in [0.29, 0.717) is 6.07 Å². The molecule has 0 aliphatic heterocycles. The Bertz CT molecular complexity index is 508. The molecule has 4 nitrogen and oxygen atoms in total. The molecule has 0 aliphatic rings. The number of non-ortho nitro benzene ring substituents is 1. The molecule has 0 saturated heterocycles. The minimum Gasteiger partial charge on any atom is -0.258 e. The van der Waals surface area contributed by atoms with Crippen molar-refractivity contribution in [1.82, 2.24) is 0 Å². The van der Waals surface area contributed by atoms with Gasteiger partial charge in [0.15, 0.2) is 0 Å². The van der Waals surface area contributed by atoms with Crippen LogP contribution in [0.25, 0.3) is 0 Å². The molecule has 0 aliphatic carbocycles. The van der Waals surface area contributed by atoms with Crippen LogP contribution in [0.5, 0.6) is 0 Å². The molecule has 0 heterocycles. The minimum absolute atomic E-state index is 0.0967. The summed E-state index contributed by atoms with van der Waals surface area (Å²) < 4.78 is 37.8. The highest BCUT2D eigenvalue weighted by Crippen LogP contribution is 2.38. The predicted octanol–water partition coefficient (Wildman–Crippen LogP) is 3.44. The molecule has 90 valence electrons. The van der Waals surface area contributed by atoms with E-state index in [1.165, 1.54) is 0 Å². The largest absolute Gasteiger partial charge is 0.417 e. The second-order valence-electron chi connectivity index (χ2n) is 3.04. The van der Waals surface area contributed by atoms with Crippen molar-refractivity contribution < 1.29 is 18.1 Å². The van der Waals surface area contributed by atoms with E-state index in [2.05, 4.69) is 15.9 Å². The predicted molar refractivity (Wildman–Crippen MR) is 55.1 cm³/mol. The van der Waals surface area contributed by atoms with Gasteiger partial charge in [-0.15, -0.1) is 0 Å². The molecule has 0 spiro atoms. The van der Waals surface area contributed by atoms with Crippen LogP contribution in [0.15, 0.2) is 16.6 Å². The first kappa shape index (κ1) is 13.4. The lowest BCUT2D eigenvalue weighted by Crippen LogP contribution is -2.10.